The fraction of sp³-hybridized carbons (Fsp3) is 0.353. The Morgan fingerprint density at radius 2 is 2.04 bits per heavy atom. The summed E-state index contributed by atoms with van der Waals surface area (Å²) in [5.74, 6) is -0.608. The summed E-state index contributed by atoms with van der Waals surface area (Å²) in [7, 11) is -3.00. The van der Waals surface area contributed by atoms with Crippen LogP contribution < -0.4 is 5.43 Å². The van der Waals surface area contributed by atoms with Crippen molar-refractivity contribution in [3.8, 4) is 0 Å². The summed E-state index contributed by atoms with van der Waals surface area (Å²) in [4.78, 5) is 12.0. The van der Waals surface area contributed by atoms with E-state index in [1.165, 1.54) is 30.5 Å². The minimum Gasteiger partial charge on any atom is -0.267 e. The number of hydrogen-bond acceptors (Lipinski definition) is 5. The first-order valence-corrected chi connectivity index (χ1v) is 9.94. The summed E-state index contributed by atoms with van der Waals surface area (Å²) in [5.41, 5.74) is 4.91. The number of rotatable bonds is 4. The van der Waals surface area contributed by atoms with E-state index in [1.807, 2.05) is 6.92 Å². The minimum atomic E-state index is -3.00. The maximum absolute atomic E-state index is 12.9. The highest BCUT2D eigenvalue weighted by Crippen LogP contribution is 2.26. The highest BCUT2D eigenvalue weighted by molar-refractivity contribution is 7.91. The van der Waals surface area contributed by atoms with Crippen LogP contribution >= 0.6 is 0 Å². The molecular formula is C17H19FN4O3S. The van der Waals surface area contributed by atoms with Crippen molar-refractivity contribution in [2.24, 2.45) is 5.10 Å². The number of aromatic nitrogens is 2. The second kappa shape index (κ2) is 6.99. The van der Waals surface area contributed by atoms with E-state index in [2.05, 4.69) is 15.6 Å². The average Bonchev–Trinajstić information content (AvgIpc) is 3.08. The van der Waals surface area contributed by atoms with Gasteiger partial charge in [-0.1, -0.05) is 0 Å². The van der Waals surface area contributed by atoms with E-state index in [-0.39, 0.29) is 17.5 Å². The van der Waals surface area contributed by atoms with Gasteiger partial charge in [-0.05, 0) is 44.5 Å². The number of sulfone groups is 1. The van der Waals surface area contributed by atoms with Crippen molar-refractivity contribution in [1.29, 1.82) is 0 Å². The fourth-order valence-corrected chi connectivity index (χ4v) is 4.70. The lowest BCUT2D eigenvalue weighted by molar-refractivity contribution is 0.0955. The third-order valence-corrected chi connectivity index (χ3v) is 6.15. The first kappa shape index (κ1) is 18.2. The molecule has 7 nitrogen and oxygen atoms in total. The third-order valence-electron chi connectivity index (χ3n) is 4.40. The number of nitrogens with zero attached hydrogens (tertiary/aromatic N) is 3. The van der Waals surface area contributed by atoms with Gasteiger partial charge in [0.25, 0.3) is 5.91 Å². The van der Waals surface area contributed by atoms with Crippen molar-refractivity contribution < 1.29 is 17.6 Å². The Bertz CT molecular complexity index is 965. The number of halogens is 1. The standard InChI is InChI=1S/C17H19FN4O3S/c1-11-16(9-19-20-17(23)13-3-5-14(18)6-4-13)12(2)22(21-11)15-7-8-26(24,25)10-15/h3-6,9,15H,7-8,10H2,1-2H3,(H,20,23)/b19-9-/t15-/m0/s1. The monoisotopic (exact) mass is 378 g/mol. The van der Waals surface area contributed by atoms with Crippen molar-refractivity contribution in [3.63, 3.8) is 0 Å². The molecule has 1 atom stereocenters. The summed E-state index contributed by atoms with van der Waals surface area (Å²) in [6, 6.07) is 4.97. The van der Waals surface area contributed by atoms with Crippen LogP contribution in [0, 0.1) is 19.7 Å². The second-order valence-electron chi connectivity index (χ2n) is 6.29. The van der Waals surface area contributed by atoms with E-state index in [1.54, 1.807) is 11.6 Å². The molecule has 0 saturated carbocycles. The van der Waals surface area contributed by atoms with Gasteiger partial charge in [-0.3, -0.25) is 9.48 Å². The van der Waals surface area contributed by atoms with E-state index < -0.39 is 21.6 Å². The molecule has 2 aromatic rings. The Kier molecular flexibility index (Phi) is 4.90. The molecule has 1 aliphatic heterocycles. The lowest BCUT2D eigenvalue weighted by Gasteiger charge is -2.10. The predicted molar refractivity (Wildman–Crippen MR) is 95.5 cm³/mol. The van der Waals surface area contributed by atoms with Gasteiger partial charge in [0.15, 0.2) is 9.84 Å². The molecule has 26 heavy (non-hydrogen) atoms. The maximum atomic E-state index is 12.9. The zero-order valence-corrected chi connectivity index (χ0v) is 15.3. The Morgan fingerprint density at radius 3 is 2.65 bits per heavy atom. The van der Waals surface area contributed by atoms with E-state index in [0.29, 0.717) is 17.7 Å². The normalized spacial score (nSPS) is 19.1. The predicted octanol–water partition coefficient (Wildman–Crippen LogP) is 1.76. The van der Waals surface area contributed by atoms with Gasteiger partial charge >= 0.3 is 0 Å². The van der Waals surface area contributed by atoms with Crippen molar-refractivity contribution in [2.45, 2.75) is 26.3 Å². The van der Waals surface area contributed by atoms with Gasteiger partial charge in [0, 0.05) is 16.8 Å². The van der Waals surface area contributed by atoms with Crippen LogP contribution in [0.1, 0.15) is 39.8 Å². The van der Waals surface area contributed by atoms with Crippen molar-refractivity contribution >= 4 is 22.0 Å². The van der Waals surface area contributed by atoms with Crippen LogP contribution in [-0.2, 0) is 9.84 Å². The summed E-state index contributed by atoms with van der Waals surface area (Å²) >= 11 is 0. The maximum Gasteiger partial charge on any atom is 0.271 e. The highest BCUT2D eigenvalue weighted by atomic mass is 32.2. The number of benzene rings is 1. The van der Waals surface area contributed by atoms with E-state index >= 15 is 0 Å². The Morgan fingerprint density at radius 1 is 1.35 bits per heavy atom. The van der Waals surface area contributed by atoms with Crippen molar-refractivity contribution in [1.82, 2.24) is 15.2 Å². The van der Waals surface area contributed by atoms with Gasteiger partial charge in [-0.25, -0.2) is 18.2 Å². The molecule has 1 saturated heterocycles. The van der Waals surface area contributed by atoms with Crippen LogP contribution in [0.3, 0.4) is 0 Å². The molecule has 2 heterocycles. The van der Waals surface area contributed by atoms with Crippen LogP contribution in [0.25, 0.3) is 0 Å². The first-order valence-electron chi connectivity index (χ1n) is 8.12. The number of nitrogens with one attached hydrogen (secondary N) is 1. The quantitative estimate of drug-likeness (QED) is 0.648. The van der Waals surface area contributed by atoms with Crippen LogP contribution in [-0.4, -0.2) is 41.8 Å². The van der Waals surface area contributed by atoms with Gasteiger partial charge in [-0.2, -0.15) is 10.2 Å². The molecule has 1 N–H and O–H groups in total. The second-order valence-corrected chi connectivity index (χ2v) is 8.52. The van der Waals surface area contributed by atoms with Crippen molar-refractivity contribution in [3.05, 3.63) is 52.6 Å². The number of carbonyl (C=O) groups excluding carboxylic acids is 1. The zero-order valence-electron chi connectivity index (χ0n) is 14.4. The highest BCUT2D eigenvalue weighted by Gasteiger charge is 2.31. The largest absolute Gasteiger partial charge is 0.271 e. The zero-order chi connectivity index (χ0) is 18.9. The molecular weight excluding hydrogens is 359 g/mol. The molecule has 138 valence electrons. The number of amides is 1. The lowest BCUT2D eigenvalue weighted by Crippen LogP contribution is -2.17. The smallest absolute Gasteiger partial charge is 0.267 e. The van der Waals surface area contributed by atoms with Gasteiger partial charge in [0.05, 0.1) is 29.5 Å². The van der Waals surface area contributed by atoms with Crippen LogP contribution in [0.15, 0.2) is 29.4 Å². The number of hydrogen-bond donors (Lipinski definition) is 1. The summed E-state index contributed by atoms with van der Waals surface area (Å²) in [6.45, 7) is 3.64. The Balaban J connectivity index is 1.73. The van der Waals surface area contributed by atoms with E-state index in [9.17, 15) is 17.6 Å². The molecule has 1 fully saturated rings. The summed E-state index contributed by atoms with van der Waals surface area (Å²) < 4.78 is 38.0. The summed E-state index contributed by atoms with van der Waals surface area (Å²) in [6.07, 6.45) is 2.03. The SMILES string of the molecule is Cc1nn([C@H]2CCS(=O)(=O)C2)c(C)c1/C=N\NC(=O)c1ccc(F)cc1. The summed E-state index contributed by atoms with van der Waals surface area (Å²) in [5, 5.41) is 8.37. The van der Waals surface area contributed by atoms with Gasteiger partial charge < -0.3 is 0 Å². The molecule has 0 aliphatic carbocycles. The number of carbonyl (C=O) groups is 1. The van der Waals surface area contributed by atoms with E-state index in [0.717, 1.165) is 11.3 Å². The van der Waals surface area contributed by atoms with Crippen LogP contribution in [0.4, 0.5) is 4.39 Å². The molecule has 0 spiro atoms. The van der Waals surface area contributed by atoms with Crippen LogP contribution in [0.5, 0.6) is 0 Å². The molecule has 0 unspecified atom stereocenters. The van der Waals surface area contributed by atoms with Gasteiger partial charge in [-0.15, -0.1) is 0 Å². The Labute approximate surface area is 150 Å². The molecule has 3 rings (SSSR count). The molecule has 1 aromatic carbocycles. The lowest BCUT2D eigenvalue weighted by atomic mass is 10.2. The van der Waals surface area contributed by atoms with Crippen LogP contribution in [0.2, 0.25) is 0 Å². The van der Waals surface area contributed by atoms with Crippen molar-refractivity contribution in [2.75, 3.05) is 11.5 Å². The number of aryl methyl sites for hydroxylation is 1. The topological polar surface area (TPSA) is 93.4 Å². The van der Waals surface area contributed by atoms with Gasteiger partial charge in [0.2, 0.25) is 0 Å². The minimum absolute atomic E-state index is 0.0901. The third kappa shape index (κ3) is 3.82. The molecule has 1 aliphatic rings. The molecule has 0 bridgehead atoms. The first-order chi connectivity index (χ1) is 12.3. The number of hydrazone groups is 1. The molecule has 0 radical (unpaired) electrons. The molecule has 9 heteroatoms. The van der Waals surface area contributed by atoms with Gasteiger partial charge in [0.1, 0.15) is 5.82 Å². The Hall–Kier alpha value is -2.55. The fourth-order valence-electron chi connectivity index (χ4n) is 3.01. The molecule has 1 aromatic heterocycles. The van der Waals surface area contributed by atoms with E-state index in [4.69, 9.17) is 0 Å². The molecule has 1 amide bonds. The average molecular weight is 378 g/mol.